The van der Waals surface area contributed by atoms with Gasteiger partial charge in [-0.05, 0) is 35.7 Å². The van der Waals surface area contributed by atoms with E-state index in [9.17, 15) is 4.79 Å². The molecule has 0 saturated heterocycles. The summed E-state index contributed by atoms with van der Waals surface area (Å²) in [5.74, 6) is 1.23. The third kappa shape index (κ3) is 2.78. The lowest BCUT2D eigenvalue weighted by Gasteiger charge is -2.00. The molecule has 1 aliphatic heterocycles. The summed E-state index contributed by atoms with van der Waals surface area (Å²) in [5.41, 5.74) is 1.97. The summed E-state index contributed by atoms with van der Waals surface area (Å²) >= 11 is 1.61. The van der Waals surface area contributed by atoms with E-state index in [1.807, 2.05) is 35.7 Å². The minimum Gasteiger partial charge on any atom is -0.454 e. The van der Waals surface area contributed by atoms with Crippen LogP contribution in [0.1, 0.15) is 15.4 Å². The molecule has 1 amide bonds. The highest BCUT2D eigenvalue weighted by Crippen LogP contribution is 2.35. The van der Waals surface area contributed by atoms with Gasteiger partial charge in [-0.15, -0.1) is 11.3 Å². The monoisotopic (exact) mass is 327 g/mol. The first kappa shape index (κ1) is 13.8. The number of hydrogen-bond acceptors (Lipinski definition) is 5. The van der Waals surface area contributed by atoms with Crippen molar-refractivity contribution in [2.24, 2.45) is 0 Å². The zero-order valence-corrected chi connectivity index (χ0v) is 12.9. The van der Waals surface area contributed by atoms with Crippen LogP contribution >= 0.6 is 11.3 Å². The van der Waals surface area contributed by atoms with E-state index in [-0.39, 0.29) is 12.7 Å². The third-order valence-corrected chi connectivity index (χ3v) is 4.37. The number of aromatic amines is 1. The lowest BCUT2D eigenvalue weighted by atomic mass is 10.1. The van der Waals surface area contributed by atoms with Crippen molar-refractivity contribution >= 4 is 17.2 Å². The van der Waals surface area contributed by atoms with Gasteiger partial charge in [0, 0.05) is 10.4 Å². The molecule has 0 spiro atoms. The molecule has 0 radical (unpaired) electrons. The second-order valence-electron chi connectivity index (χ2n) is 5.00. The zero-order valence-electron chi connectivity index (χ0n) is 12.0. The third-order valence-electron chi connectivity index (χ3n) is 3.49. The van der Waals surface area contributed by atoms with Crippen molar-refractivity contribution in [2.45, 2.75) is 6.54 Å². The number of carbonyl (C=O) groups is 1. The largest absolute Gasteiger partial charge is 0.454 e. The molecule has 116 valence electrons. The molecule has 0 saturated carbocycles. The van der Waals surface area contributed by atoms with Crippen LogP contribution in [0.5, 0.6) is 11.5 Å². The number of aromatic nitrogens is 2. The molecule has 3 aromatic rings. The Morgan fingerprint density at radius 1 is 1.26 bits per heavy atom. The van der Waals surface area contributed by atoms with E-state index in [1.165, 1.54) is 0 Å². The lowest BCUT2D eigenvalue weighted by molar-refractivity contribution is 0.0946. The maximum Gasteiger partial charge on any atom is 0.269 e. The van der Waals surface area contributed by atoms with Gasteiger partial charge in [-0.25, -0.2) is 0 Å². The highest BCUT2D eigenvalue weighted by atomic mass is 32.1. The van der Waals surface area contributed by atoms with E-state index >= 15 is 0 Å². The Labute approximate surface area is 136 Å². The highest BCUT2D eigenvalue weighted by Gasteiger charge is 2.16. The van der Waals surface area contributed by atoms with Crippen LogP contribution in [0.15, 0.2) is 41.8 Å². The fraction of sp³-hybridized carbons (Fsp3) is 0.125. The zero-order chi connectivity index (χ0) is 15.6. The normalized spacial score (nSPS) is 12.3. The Kier molecular flexibility index (Phi) is 3.47. The van der Waals surface area contributed by atoms with Crippen LogP contribution in [0.3, 0.4) is 0 Å². The molecule has 0 aliphatic carbocycles. The van der Waals surface area contributed by atoms with Gasteiger partial charge in [-0.3, -0.25) is 9.89 Å². The Morgan fingerprint density at radius 3 is 3.04 bits per heavy atom. The minimum absolute atomic E-state index is 0.183. The summed E-state index contributed by atoms with van der Waals surface area (Å²) in [5, 5.41) is 11.8. The first-order valence-corrected chi connectivity index (χ1v) is 7.93. The maximum absolute atomic E-state index is 12.1. The molecular formula is C16H13N3O3S. The molecule has 0 unspecified atom stereocenters. The molecule has 0 fully saturated rings. The van der Waals surface area contributed by atoms with Gasteiger partial charge in [0.15, 0.2) is 11.5 Å². The minimum atomic E-state index is -0.183. The van der Waals surface area contributed by atoms with E-state index in [0.29, 0.717) is 23.7 Å². The Balaban J connectivity index is 1.49. The van der Waals surface area contributed by atoms with Crippen molar-refractivity contribution in [3.05, 3.63) is 52.3 Å². The summed E-state index contributed by atoms with van der Waals surface area (Å²) in [6, 6.07) is 11.2. The molecule has 4 rings (SSSR count). The summed E-state index contributed by atoms with van der Waals surface area (Å²) < 4.78 is 10.6. The Hall–Kier alpha value is -2.80. The summed E-state index contributed by atoms with van der Waals surface area (Å²) in [7, 11) is 0. The SMILES string of the molecule is O=C(NCc1cccs1)c1cc(-c2ccc3c(c2)OCO3)n[nH]1. The number of ether oxygens (including phenoxy) is 2. The number of nitrogens with zero attached hydrogens (tertiary/aromatic N) is 1. The predicted octanol–water partition coefficient (Wildman–Crippen LogP) is 2.80. The van der Waals surface area contributed by atoms with Gasteiger partial charge in [0.1, 0.15) is 5.69 Å². The topological polar surface area (TPSA) is 76.2 Å². The van der Waals surface area contributed by atoms with Gasteiger partial charge < -0.3 is 14.8 Å². The Bertz CT molecular complexity index is 842. The van der Waals surface area contributed by atoms with E-state index in [0.717, 1.165) is 16.2 Å². The fourth-order valence-corrected chi connectivity index (χ4v) is 2.96. The van der Waals surface area contributed by atoms with Gasteiger partial charge in [-0.2, -0.15) is 5.10 Å². The summed E-state index contributed by atoms with van der Waals surface area (Å²) in [6.45, 7) is 0.741. The van der Waals surface area contributed by atoms with E-state index in [4.69, 9.17) is 9.47 Å². The van der Waals surface area contributed by atoms with Crippen molar-refractivity contribution in [1.82, 2.24) is 15.5 Å². The van der Waals surface area contributed by atoms with Crippen LogP contribution in [0.4, 0.5) is 0 Å². The second kappa shape index (κ2) is 5.77. The number of nitrogens with one attached hydrogen (secondary N) is 2. The van der Waals surface area contributed by atoms with Crippen molar-refractivity contribution in [1.29, 1.82) is 0 Å². The number of fused-ring (bicyclic) bond motifs is 1. The molecule has 2 N–H and O–H groups in total. The second-order valence-corrected chi connectivity index (χ2v) is 6.03. The van der Waals surface area contributed by atoms with Gasteiger partial charge >= 0.3 is 0 Å². The number of H-pyrrole nitrogens is 1. The van der Waals surface area contributed by atoms with Crippen LogP contribution < -0.4 is 14.8 Å². The van der Waals surface area contributed by atoms with Crippen molar-refractivity contribution in [2.75, 3.05) is 6.79 Å². The molecule has 6 nitrogen and oxygen atoms in total. The summed E-state index contributed by atoms with van der Waals surface area (Å²) in [4.78, 5) is 13.3. The molecular weight excluding hydrogens is 314 g/mol. The van der Waals surface area contributed by atoms with E-state index in [1.54, 1.807) is 17.4 Å². The molecule has 23 heavy (non-hydrogen) atoms. The number of rotatable bonds is 4. The number of thiophene rings is 1. The fourth-order valence-electron chi connectivity index (χ4n) is 2.32. The lowest BCUT2D eigenvalue weighted by Crippen LogP contribution is -2.22. The van der Waals surface area contributed by atoms with Crippen LogP contribution in [-0.4, -0.2) is 22.9 Å². The van der Waals surface area contributed by atoms with Gasteiger partial charge in [-0.1, -0.05) is 6.07 Å². The number of hydrogen-bond donors (Lipinski definition) is 2. The van der Waals surface area contributed by atoms with Crippen molar-refractivity contribution < 1.29 is 14.3 Å². The highest BCUT2D eigenvalue weighted by molar-refractivity contribution is 7.09. The molecule has 0 atom stereocenters. The molecule has 3 heterocycles. The average molecular weight is 327 g/mol. The van der Waals surface area contributed by atoms with Crippen molar-refractivity contribution in [3.63, 3.8) is 0 Å². The number of benzene rings is 1. The van der Waals surface area contributed by atoms with Gasteiger partial charge in [0.05, 0.1) is 12.2 Å². The summed E-state index contributed by atoms with van der Waals surface area (Å²) in [6.07, 6.45) is 0. The quantitative estimate of drug-likeness (QED) is 0.772. The molecule has 0 bridgehead atoms. The van der Waals surface area contributed by atoms with Crippen LogP contribution in [0.2, 0.25) is 0 Å². The molecule has 1 aromatic carbocycles. The van der Waals surface area contributed by atoms with Gasteiger partial charge in [0.2, 0.25) is 6.79 Å². The smallest absolute Gasteiger partial charge is 0.269 e. The average Bonchev–Trinajstić information content (AvgIpc) is 3.32. The Morgan fingerprint density at radius 2 is 2.17 bits per heavy atom. The molecule has 2 aromatic heterocycles. The molecule has 1 aliphatic rings. The van der Waals surface area contributed by atoms with Crippen molar-refractivity contribution in [3.8, 4) is 22.8 Å². The number of carbonyl (C=O) groups excluding carboxylic acids is 1. The maximum atomic E-state index is 12.1. The predicted molar refractivity (Wildman–Crippen MR) is 85.6 cm³/mol. The standard InChI is InChI=1S/C16H13N3O3S/c20-16(17-8-11-2-1-5-23-11)13-7-12(18-19-13)10-3-4-14-15(6-10)22-9-21-14/h1-7H,8-9H2,(H,17,20)(H,18,19). The molecule has 7 heteroatoms. The number of amides is 1. The van der Waals surface area contributed by atoms with Gasteiger partial charge in [0.25, 0.3) is 5.91 Å². The van der Waals surface area contributed by atoms with Crippen LogP contribution in [-0.2, 0) is 6.54 Å². The van der Waals surface area contributed by atoms with E-state index < -0.39 is 0 Å². The van der Waals surface area contributed by atoms with Crippen LogP contribution in [0, 0.1) is 0 Å². The van der Waals surface area contributed by atoms with Crippen LogP contribution in [0.25, 0.3) is 11.3 Å². The first-order chi connectivity index (χ1) is 11.3. The van der Waals surface area contributed by atoms with E-state index in [2.05, 4.69) is 15.5 Å². The first-order valence-electron chi connectivity index (χ1n) is 7.05.